The van der Waals surface area contributed by atoms with Crippen LogP contribution in [0.4, 0.5) is 0 Å². The van der Waals surface area contributed by atoms with Crippen LogP contribution in [-0.4, -0.2) is 44.7 Å². The third-order valence-corrected chi connectivity index (χ3v) is 3.95. The van der Waals surface area contributed by atoms with E-state index in [2.05, 4.69) is 13.2 Å². The summed E-state index contributed by atoms with van der Waals surface area (Å²) < 4.78 is 16.7. The Balaban J connectivity index is 2.20. The van der Waals surface area contributed by atoms with Crippen LogP contribution >= 0.6 is 46.0 Å². The third-order valence-electron chi connectivity index (χ3n) is 3.09. The molecule has 0 aliphatic carbocycles. The highest BCUT2D eigenvalue weighted by atomic mass is 127. The Morgan fingerprint density at radius 3 is 3.00 bits per heavy atom. The SMILES string of the molecule is BC1OC2(COI)CCNC1C2OI. The molecule has 4 atom stereocenters. The zero-order valence-electron chi connectivity index (χ0n) is 7.83. The van der Waals surface area contributed by atoms with E-state index in [0.29, 0.717) is 12.6 Å². The van der Waals surface area contributed by atoms with E-state index in [9.17, 15) is 0 Å². The van der Waals surface area contributed by atoms with Crippen LogP contribution in [-0.2, 0) is 10.9 Å². The van der Waals surface area contributed by atoms with Gasteiger partial charge in [-0.25, -0.2) is 0 Å². The second kappa shape index (κ2) is 4.70. The molecule has 2 rings (SSSR count). The van der Waals surface area contributed by atoms with Crippen molar-refractivity contribution in [3.05, 3.63) is 0 Å². The Morgan fingerprint density at radius 2 is 2.36 bits per heavy atom. The Labute approximate surface area is 113 Å². The van der Waals surface area contributed by atoms with Gasteiger partial charge in [-0.05, 0) is 13.0 Å². The van der Waals surface area contributed by atoms with Crippen LogP contribution in [0.1, 0.15) is 6.42 Å². The Morgan fingerprint density at radius 1 is 1.57 bits per heavy atom. The van der Waals surface area contributed by atoms with Gasteiger partial charge in [0.1, 0.15) is 65.6 Å². The lowest BCUT2D eigenvalue weighted by Crippen LogP contribution is -2.57. The number of nitrogens with one attached hydrogen (secondary N) is 1. The summed E-state index contributed by atoms with van der Waals surface area (Å²) in [6.45, 7) is 1.58. The average Bonchev–Trinajstić information content (AvgIpc) is 2.30. The summed E-state index contributed by atoms with van der Waals surface area (Å²) >= 11 is 3.88. The maximum Gasteiger partial charge on any atom is 0.141 e. The van der Waals surface area contributed by atoms with E-state index in [1.54, 1.807) is 0 Å². The monoisotopic (exact) mass is 423 g/mol. The number of ether oxygens (including phenoxy) is 1. The molecule has 0 aromatic heterocycles. The summed E-state index contributed by atoms with van der Waals surface area (Å²) in [5, 5.41) is 3.43. The minimum atomic E-state index is -0.238. The van der Waals surface area contributed by atoms with Crippen molar-refractivity contribution < 1.29 is 10.9 Å². The second-order valence-electron chi connectivity index (χ2n) is 3.88. The van der Waals surface area contributed by atoms with Gasteiger partial charge < -0.3 is 16.2 Å². The summed E-state index contributed by atoms with van der Waals surface area (Å²) in [6.07, 6.45) is 1.05. The summed E-state index contributed by atoms with van der Waals surface area (Å²) in [5.41, 5.74) is -0.238. The highest BCUT2D eigenvalue weighted by molar-refractivity contribution is 14.1. The van der Waals surface area contributed by atoms with Gasteiger partial charge in [-0.3, -0.25) is 0 Å². The van der Waals surface area contributed by atoms with Crippen LogP contribution in [0.5, 0.6) is 0 Å². The van der Waals surface area contributed by atoms with Crippen molar-refractivity contribution in [1.29, 1.82) is 0 Å². The molecule has 4 unspecified atom stereocenters. The van der Waals surface area contributed by atoms with Gasteiger partial charge in [-0.15, -0.1) is 0 Å². The molecular weight excluding hydrogens is 411 g/mol. The number of rotatable bonds is 3. The zero-order valence-corrected chi connectivity index (χ0v) is 12.1. The molecule has 0 aromatic rings. The molecule has 0 spiro atoms. The molecule has 0 radical (unpaired) electrons. The molecule has 0 aromatic carbocycles. The van der Waals surface area contributed by atoms with Crippen molar-refractivity contribution in [3.8, 4) is 0 Å². The van der Waals surface area contributed by atoms with Crippen LogP contribution in [0.25, 0.3) is 0 Å². The van der Waals surface area contributed by atoms with Crippen LogP contribution in [0, 0.1) is 0 Å². The van der Waals surface area contributed by atoms with Crippen molar-refractivity contribution in [2.75, 3.05) is 13.2 Å². The van der Waals surface area contributed by atoms with Crippen molar-refractivity contribution in [2.45, 2.75) is 30.2 Å². The molecule has 2 fully saturated rings. The number of halogens is 2. The fourth-order valence-corrected chi connectivity index (χ4v) is 3.73. The molecule has 0 amide bonds. The van der Waals surface area contributed by atoms with Crippen molar-refractivity contribution >= 4 is 53.9 Å². The number of hydrogen-bond acceptors (Lipinski definition) is 4. The largest absolute Gasteiger partial charge is 0.374 e. The molecule has 2 aliphatic heterocycles. The van der Waals surface area contributed by atoms with E-state index >= 15 is 0 Å². The first-order chi connectivity index (χ1) is 6.73. The first kappa shape index (κ1) is 11.8. The summed E-state index contributed by atoms with van der Waals surface area (Å²) in [5.74, 6) is 0. The molecule has 2 bridgehead atoms. The lowest BCUT2D eigenvalue weighted by molar-refractivity contribution is -0.0755. The first-order valence-corrected chi connectivity index (χ1v) is 6.42. The fourth-order valence-electron chi connectivity index (χ4n) is 2.43. The first-order valence-electron chi connectivity index (χ1n) is 4.65. The standard InChI is InChI=1S/C7H12BI2NO3/c8-6-4-5(14-10)7(13-6,3-12-9)1-2-11-4/h4-6,11H,1-3,8H2. The molecule has 1 N–H and O–H groups in total. The van der Waals surface area contributed by atoms with E-state index in [1.807, 2.05) is 46.0 Å². The van der Waals surface area contributed by atoms with Gasteiger partial charge in [0.15, 0.2) is 0 Å². The lowest BCUT2D eigenvalue weighted by atomic mass is 9.83. The van der Waals surface area contributed by atoms with E-state index in [0.717, 1.165) is 13.0 Å². The number of piperidine rings is 1. The minimum absolute atomic E-state index is 0.0987. The number of fused-ring (bicyclic) bond motifs is 2. The maximum atomic E-state index is 5.99. The summed E-state index contributed by atoms with van der Waals surface area (Å²) in [7, 11) is 2.08. The Bertz CT molecular complexity index is 219. The number of hydrogen-bond donors (Lipinski definition) is 1. The summed E-state index contributed by atoms with van der Waals surface area (Å²) in [4.78, 5) is 0. The molecule has 80 valence electrons. The lowest BCUT2D eigenvalue weighted by Gasteiger charge is -2.37. The van der Waals surface area contributed by atoms with E-state index < -0.39 is 0 Å². The highest BCUT2D eigenvalue weighted by Gasteiger charge is 2.56. The van der Waals surface area contributed by atoms with Gasteiger partial charge in [0.2, 0.25) is 0 Å². The van der Waals surface area contributed by atoms with E-state index in [-0.39, 0.29) is 17.7 Å². The second-order valence-corrected chi connectivity index (χ2v) is 5.01. The van der Waals surface area contributed by atoms with E-state index in [1.165, 1.54) is 0 Å². The van der Waals surface area contributed by atoms with Gasteiger partial charge in [0.05, 0.1) is 12.6 Å². The molecule has 0 saturated carbocycles. The Kier molecular flexibility index (Phi) is 3.97. The predicted octanol–water partition coefficient (Wildman–Crippen LogP) is 0.178. The van der Waals surface area contributed by atoms with Crippen LogP contribution in [0.3, 0.4) is 0 Å². The van der Waals surface area contributed by atoms with Crippen LogP contribution in [0.15, 0.2) is 0 Å². The van der Waals surface area contributed by atoms with E-state index in [4.69, 9.17) is 10.9 Å². The molecule has 4 nitrogen and oxygen atoms in total. The highest BCUT2D eigenvalue weighted by Crippen LogP contribution is 2.39. The van der Waals surface area contributed by atoms with Crippen molar-refractivity contribution in [3.63, 3.8) is 0 Å². The average molecular weight is 423 g/mol. The summed E-state index contributed by atoms with van der Waals surface area (Å²) in [6, 6.07) is 0.496. The van der Waals surface area contributed by atoms with Crippen molar-refractivity contribution in [2.24, 2.45) is 0 Å². The quantitative estimate of drug-likeness (QED) is 0.520. The van der Waals surface area contributed by atoms with Crippen molar-refractivity contribution in [1.82, 2.24) is 5.32 Å². The molecular formula is C7H12BI2NO3. The van der Waals surface area contributed by atoms with Crippen LogP contribution in [0.2, 0.25) is 0 Å². The molecule has 2 aliphatic rings. The van der Waals surface area contributed by atoms with Gasteiger partial charge in [-0.2, -0.15) is 0 Å². The van der Waals surface area contributed by atoms with Gasteiger partial charge in [0.25, 0.3) is 0 Å². The minimum Gasteiger partial charge on any atom is -0.374 e. The normalized spacial score (nSPS) is 46.9. The van der Waals surface area contributed by atoms with Crippen LogP contribution < -0.4 is 5.32 Å². The Hall–Kier alpha value is 1.36. The molecule has 2 saturated heterocycles. The predicted molar refractivity (Wildman–Crippen MR) is 71.4 cm³/mol. The smallest absolute Gasteiger partial charge is 0.141 e. The van der Waals surface area contributed by atoms with Gasteiger partial charge in [0, 0.05) is 6.00 Å². The molecule has 2 heterocycles. The third kappa shape index (κ3) is 1.84. The zero-order chi connectivity index (χ0) is 10.2. The van der Waals surface area contributed by atoms with Gasteiger partial charge in [-0.1, -0.05) is 0 Å². The molecule has 14 heavy (non-hydrogen) atoms. The topological polar surface area (TPSA) is 39.7 Å². The molecule has 7 heteroatoms. The van der Waals surface area contributed by atoms with Gasteiger partial charge >= 0.3 is 0 Å². The fraction of sp³-hybridized carbons (Fsp3) is 1.00. The maximum absolute atomic E-state index is 5.99.